The van der Waals surface area contributed by atoms with Gasteiger partial charge < -0.3 is 11.1 Å². The quantitative estimate of drug-likeness (QED) is 0.795. The van der Waals surface area contributed by atoms with E-state index in [2.05, 4.69) is 26.2 Å². The monoisotopic (exact) mass is 243 g/mol. The van der Waals surface area contributed by atoms with Crippen LogP contribution < -0.4 is 11.1 Å². The van der Waals surface area contributed by atoms with E-state index in [0.29, 0.717) is 6.54 Å². The third kappa shape index (κ3) is 3.32. The van der Waals surface area contributed by atoms with Crippen molar-refractivity contribution in [3.8, 4) is 0 Å². The first-order chi connectivity index (χ1) is 6.24. The lowest BCUT2D eigenvalue weighted by atomic mass is 10.3. The number of hydrogen-bond acceptors (Lipinski definition) is 3. The van der Waals surface area contributed by atoms with Gasteiger partial charge in [0.15, 0.2) is 0 Å². The molecule has 0 radical (unpaired) electrons. The van der Waals surface area contributed by atoms with Gasteiger partial charge in [-0.2, -0.15) is 0 Å². The maximum Gasteiger partial charge on any atom is 0.126 e. The van der Waals surface area contributed by atoms with E-state index in [1.807, 2.05) is 13.0 Å². The molecule has 3 N–H and O–H groups in total. The highest BCUT2D eigenvalue weighted by molar-refractivity contribution is 9.10. The Kier molecular flexibility index (Phi) is 4.18. The minimum Gasteiger partial charge on any atom is -0.370 e. The normalized spacial score (nSPS) is 10.1. The maximum atomic E-state index is 5.38. The molecule has 72 valence electrons. The summed E-state index contributed by atoms with van der Waals surface area (Å²) >= 11 is 3.40. The topological polar surface area (TPSA) is 50.9 Å². The highest BCUT2D eigenvalue weighted by atomic mass is 79.9. The standard InChI is InChI=1S/C9H14BrN3/c1-7-5-9(12-4-2-3-11)13-6-8(7)10/h5-6H,2-4,11H2,1H3,(H,12,13). The second-order valence-electron chi connectivity index (χ2n) is 2.89. The number of hydrogen-bond donors (Lipinski definition) is 2. The summed E-state index contributed by atoms with van der Waals surface area (Å²) in [6.45, 7) is 3.63. The van der Waals surface area contributed by atoms with Gasteiger partial charge in [-0.05, 0) is 47.4 Å². The molecular formula is C9H14BrN3. The van der Waals surface area contributed by atoms with Crippen LogP contribution in [0.3, 0.4) is 0 Å². The highest BCUT2D eigenvalue weighted by Crippen LogP contribution is 2.16. The summed E-state index contributed by atoms with van der Waals surface area (Å²) in [7, 11) is 0. The van der Waals surface area contributed by atoms with Crippen LogP contribution in [0.15, 0.2) is 16.7 Å². The largest absolute Gasteiger partial charge is 0.370 e. The average Bonchev–Trinajstić information content (AvgIpc) is 2.12. The van der Waals surface area contributed by atoms with Crippen molar-refractivity contribution < 1.29 is 0 Å². The second-order valence-corrected chi connectivity index (χ2v) is 3.74. The fraction of sp³-hybridized carbons (Fsp3) is 0.444. The summed E-state index contributed by atoms with van der Waals surface area (Å²) < 4.78 is 1.04. The van der Waals surface area contributed by atoms with Crippen LogP contribution in [0.4, 0.5) is 5.82 Å². The number of aryl methyl sites for hydroxylation is 1. The van der Waals surface area contributed by atoms with Crippen LogP contribution in [0.5, 0.6) is 0 Å². The molecule has 0 aromatic carbocycles. The van der Waals surface area contributed by atoms with Gasteiger partial charge in [0, 0.05) is 17.2 Å². The van der Waals surface area contributed by atoms with Gasteiger partial charge in [0.05, 0.1) is 0 Å². The van der Waals surface area contributed by atoms with Gasteiger partial charge in [-0.3, -0.25) is 0 Å². The number of pyridine rings is 1. The lowest BCUT2D eigenvalue weighted by Gasteiger charge is -2.05. The molecule has 1 rings (SSSR count). The van der Waals surface area contributed by atoms with Gasteiger partial charge >= 0.3 is 0 Å². The Balaban J connectivity index is 2.53. The smallest absolute Gasteiger partial charge is 0.126 e. The Morgan fingerprint density at radius 3 is 3.00 bits per heavy atom. The minimum atomic E-state index is 0.711. The number of anilines is 1. The molecule has 1 aromatic rings. The Hall–Kier alpha value is -0.610. The Bertz CT molecular complexity index is 276. The first kappa shape index (κ1) is 10.5. The first-order valence-electron chi connectivity index (χ1n) is 4.30. The molecule has 0 aliphatic heterocycles. The van der Waals surface area contributed by atoms with Crippen LogP contribution in [-0.4, -0.2) is 18.1 Å². The van der Waals surface area contributed by atoms with Crippen molar-refractivity contribution in [3.63, 3.8) is 0 Å². The molecule has 0 aliphatic carbocycles. The number of rotatable bonds is 4. The third-order valence-electron chi connectivity index (χ3n) is 1.73. The number of halogens is 1. The van der Waals surface area contributed by atoms with Crippen molar-refractivity contribution in [2.75, 3.05) is 18.4 Å². The molecule has 0 saturated carbocycles. The molecular weight excluding hydrogens is 230 g/mol. The molecule has 4 heteroatoms. The van der Waals surface area contributed by atoms with Gasteiger partial charge in [0.25, 0.3) is 0 Å². The van der Waals surface area contributed by atoms with E-state index in [0.717, 1.165) is 23.3 Å². The van der Waals surface area contributed by atoms with Crippen LogP contribution in [0.25, 0.3) is 0 Å². The lowest BCUT2D eigenvalue weighted by molar-refractivity contribution is 0.870. The van der Waals surface area contributed by atoms with Gasteiger partial charge in [-0.1, -0.05) is 0 Å². The summed E-state index contributed by atoms with van der Waals surface area (Å²) in [5, 5.41) is 3.20. The average molecular weight is 244 g/mol. The van der Waals surface area contributed by atoms with Gasteiger partial charge in [0.1, 0.15) is 5.82 Å². The van der Waals surface area contributed by atoms with E-state index in [-0.39, 0.29) is 0 Å². The molecule has 0 fully saturated rings. The molecule has 0 saturated heterocycles. The van der Waals surface area contributed by atoms with Crippen LogP contribution in [0.1, 0.15) is 12.0 Å². The SMILES string of the molecule is Cc1cc(NCCCN)ncc1Br. The molecule has 1 heterocycles. The predicted molar refractivity (Wildman–Crippen MR) is 58.8 cm³/mol. The first-order valence-corrected chi connectivity index (χ1v) is 5.09. The highest BCUT2D eigenvalue weighted by Gasteiger charge is 1.97. The van der Waals surface area contributed by atoms with E-state index in [4.69, 9.17) is 5.73 Å². The number of nitrogens with two attached hydrogens (primary N) is 1. The van der Waals surface area contributed by atoms with Crippen molar-refractivity contribution in [1.82, 2.24) is 4.98 Å². The molecule has 0 unspecified atom stereocenters. The Morgan fingerprint density at radius 2 is 2.38 bits per heavy atom. The van der Waals surface area contributed by atoms with Crippen LogP contribution in [0.2, 0.25) is 0 Å². The van der Waals surface area contributed by atoms with E-state index in [1.54, 1.807) is 6.20 Å². The zero-order chi connectivity index (χ0) is 9.68. The zero-order valence-corrected chi connectivity index (χ0v) is 9.26. The predicted octanol–water partition coefficient (Wildman–Crippen LogP) is 1.91. The molecule has 0 spiro atoms. The van der Waals surface area contributed by atoms with Crippen molar-refractivity contribution in [1.29, 1.82) is 0 Å². The van der Waals surface area contributed by atoms with Crippen LogP contribution in [0, 0.1) is 6.92 Å². The van der Waals surface area contributed by atoms with Crippen LogP contribution in [-0.2, 0) is 0 Å². The fourth-order valence-electron chi connectivity index (χ4n) is 0.955. The molecule has 0 aliphatic rings. The Morgan fingerprint density at radius 1 is 1.62 bits per heavy atom. The summed E-state index contributed by atoms with van der Waals surface area (Å²) in [5.41, 5.74) is 6.56. The molecule has 13 heavy (non-hydrogen) atoms. The summed E-state index contributed by atoms with van der Waals surface area (Å²) in [4.78, 5) is 4.21. The van der Waals surface area contributed by atoms with Crippen LogP contribution >= 0.6 is 15.9 Å². The molecule has 0 atom stereocenters. The number of nitrogens with one attached hydrogen (secondary N) is 1. The number of nitrogens with zero attached hydrogens (tertiary/aromatic N) is 1. The van der Waals surface area contributed by atoms with Gasteiger partial charge in [-0.15, -0.1) is 0 Å². The van der Waals surface area contributed by atoms with Gasteiger partial charge in [-0.25, -0.2) is 4.98 Å². The lowest BCUT2D eigenvalue weighted by Crippen LogP contribution is -2.09. The maximum absolute atomic E-state index is 5.38. The van der Waals surface area contributed by atoms with E-state index < -0.39 is 0 Å². The summed E-state index contributed by atoms with van der Waals surface area (Å²) in [5.74, 6) is 0.911. The molecule has 0 amide bonds. The van der Waals surface area contributed by atoms with Crippen molar-refractivity contribution >= 4 is 21.7 Å². The second kappa shape index (κ2) is 5.19. The molecule has 3 nitrogen and oxygen atoms in total. The van der Waals surface area contributed by atoms with Crippen molar-refractivity contribution in [2.45, 2.75) is 13.3 Å². The van der Waals surface area contributed by atoms with Gasteiger partial charge in [0.2, 0.25) is 0 Å². The summed E-state index contributed by atoms with van der Waals surface area (Å²) in [6, 6.07) is 2.01. The Labute approximate surface area is 86.9 Å². The van der Waals surface area contributed by atoms with E-state index >= 15 is 0 Å². The fourth-order valence-corrected chi connectivity index (χ4v) is 1.17. The minimum absolute atomic E-state index is 0.711. The van der Waals surface area contributed by atoms with E-state index in [1.165, 1.54) is 5.56 Å². The number of aromatic nitrogens is 1. The summed E-state index contributed by atoms with van der Waals surface area (Å²) in [6.07, 6.45) is 2.77. The van der Waals surface area contributed by atoms with Crippen molar-refractivity contribution in [3.05, 3.63) is 22.3 Å². The zero-order valence-electron chi connectivity index (χ0n) is 7.68. The van der Waals surface area contributed by atoms with Crippen molar-refractivity contribution in [2.24, 2.45) is 5.73 Å². The van der Waals surface area contributed by atoms with E-state index in [9.17, 15) is 0 Å². The molecule has 1 aromatic heterocycles. The molecule has 0 bridgehead atoms. The third-order valence-corrected chi connectivity index (χ3v) is 2.56.